The first-order valence-electron chi connectivity index (χ1n) is 10.7. The van der Waals surface area contributed by atoms with Crippen LogP contribution in [0.3, 0.4) is 0 Å². The minimum absolute atomic E-state index is 0.142. The first-order valence-corrected chi connectivity index (χ1v) is 12.1. The van der Waals surface area contributed by atoms with Gasteiger partial charge in [-0.1, -0.05) is 12.8 Å². The number of carbonyl (C=O) groups excluding carboxylic acids is 2. The van der Waals surface area contributed by atoms with E-state index < -0.39 is 22.6 Å². The molecule has 0 radical (unpaired) electrons. The fourth-order valence-corrected chi connectivity index (χ4v) is 5.23. The summed E-state index contributed by atoms with van der Waals surface area (Å²) in [6, 6.07) is 10.4. The number of hydrogen-bond donors (Lipinski definition) is 0. The van der Waals surface area contributed by atoms with Crippen LogP contribution in [0.2, 0.25) is 0 Å². The van der Waals surface area contributed by atoms with Crippen molar-refractivity contribution in [1.29, 1.82) is 0 Å². The Bertz CT molecular complexity index is 1090. The molecule has 0 bridgehead atoms. The second kappa shape index (κ2) is 9.70. The van der Waals surface area contributed by atoms with Crippen molar-refractivity contribution >= 4 is 21.8 Å². The zero-order valence-electron chi connectivity index (χ0n) is 17.6. The lowest BCUT2D eigenvalue weighted by Gasteiger charge is -2.20. The first kappa shape index (κ1) is 22.3. The zero-order valence-corrected chi connectivity index (χ0v) is 18.4. The molecule has 170 valence electrons. The second-order valence-electron chi connectivity index (χ2n) is 7.70. The Morgan fingerprint density at radius 1 is 0.844 bits per heavy atom. The van der Waals surface area contributed by atoms with Crippen LogP contribution in [-0.2, 0) is 14.8 Å². The van der Waals surface area contributed by atoms with Crippen molar-refractivity contribution in [3.05, 3.63) is 53.6 Å². The fraction of sp³-hybridized carbons (Fsp3) is 0.391. The molecule has 0 aliphatic carbocycles. The summed E-state index contributed by atoms with van der Waals surface area (Å²) in [7, 11) is -3.59. The van der Waals surface area contributed by atoms with Gasteiger partial charge in [0.25, 0.3) is 0 Å². The molecule has 2 heterocycles. The summed E-state index contributed by atoms with van der Waals surface area (Å²) in [6.07, 6.45) is 3.76. The minimum Gasteiger partial charge on any atom is -0.486 e. The number of ketones is 1. The summed E-state index contributed by atoms with van der Waals surface area (Å²) < 4.78 is 43.2. The van der Waals surface area contributed by atoms with Gasteiger partial charge in [0.15, 0.2) is 23.9 Å². The van der Waals surface area contributed by atoms with Crippen LogP contribution in [0.4, 0.5) is 0 Å². The highest BCUT2D eigenvalue weighted by molar-refractivity contribution is 7.89. The van der Waals surface area contributed by atoms with Gasteiger partial charge >= 0.3 is 5.97 Å². The average Bonchev–Trinajstić information content (AvgIpc) is 3.12. The highest BCUT2D eigenvalue weighted by Crippen LogP contribution is 2.31. The molecular weight excluding hydrogens is 434 g/mol. The molecule has 0 aromatic heterocycles. The monoisotopic (exact) mass is 459 g/mol. The first-order chi connectivity index (χ1) is 15.4. The third kappa shape index (κ3) is 4.94. The number of benzene rings is 2. The van der Waals surface area contributed by atoms with Gasteiger partial charge in [-0.15, -0.1) is 0 Å². The Morgan fingerprint density at radius 2 is 1.47 bits per heavy atom. The number of nitrogens with zero attached hydrogens (tertiary/aromatic N) is 1. The van der Waals surface area contributed by atoms with Crippen molar-refractivity contribution in [3.8, 4) is 11.5 Å². The lowest BCUT2D eigenvalue weighted by Crippen LogP contribution is -2.31. The molecule has 9 heteroatoms. The smallest absolute Gasteiger partial charge is 0.338 e. The maximum absolute atomic E-state index is 12.8. The average molecular weight is 460 g/mol. The molecule has 0 spiro atoms. The summed E-state index contributed by atoms with van der Waals surface area (Å²) in [5.74, 6) is -0.0278. The standard InChI is InChI=1S/C23H25NO7S/c25-20(18-7-10-21-22(15-18)30-14-13-29-21)16-31-23(26)17-5-8-19(9-6-17)32(27,28)24-11-3-1-2-4-12-24/h5-10,15H,1-4,11-14,16H2. The summed E-state index contributed by atoms with van der Waals surface area (Å²) in [6.45, 7) is 1.44. The molecule has 0 unspecified atom stereocenters. The van der Waals surface area contributed by atoms with Crippen LogP contribution in [0.1, 0.15) is 46.4 Å². The van der Waals surface area contributed by atoms with Gasteiger partial charge in [-0.05, 0) is 55.3 Å². The molecule has 2 aromatic carbocycles. The minimum atomic E-state index is -3.59. The van der Waals surface area contributed by atoms with Gasteiger partial charge in [0.05, 0.1) is 10.5 Å². The van der Waals surface area contributed by atoms with Crippen molar-refractivity contribution in [3.63, 3.8) is 0 Å². The Labute approximate surface area is 187 Å². The Balaban J connectivity index is 1.37. The van der Waals surface area contributed by atoms with Gasteiger partial charge < -0.3 is 14.2 Å². The van der Waals surface area contributed by atoms with Gasteiger partial charge in [-0.25, -0.2) is 13.2 Å². The molecule has 32 heavy (non-hydrogen) atoms. The zero-order chi connectivity index (χ0) is 22.6. The fourth-order valence-electron chi connectivity index (χ4n) is 3.71. The molecule has 2 aliphatic heterocycles. The van der Waals surface area contributed by atoms with Crippen LogP contribution in [0.15, 0.2) is 47.4 Å². The van der Waals surface area contributed by atoms with Crippen LogP contribution < -0.4 is 9.47 Å². The quantitative estimate of drug-likeness (QED) is 0.484. The van der Waals surface area contributed by atoms with E-state index in [1.165, 1.54) is 28.6 Å². The van der Waals surface area contributed by atoms with Crippen LogP contribution in [0.25, 0.3) is 0 Å². The van der Waals surface area contributed by atoms with E-state index in [9.17, 15) is 18.0 Å². The summed E-state index contributed by atoms with van der Waals surface area (Å²) in [5.41, 5.74) is 0.524. The predicted octanol–water partition coefficient (Wildman–Crippen LogP) is 3.06. The topological polar surface area (TPSA) is 99.2 Å². The van der Waals surface area contributed by atoms with E-state index in [2.05, 4.69) is 0 Å². The van der Waals surface area contributed by atoms with E-state index in [1.54, 1.807) is 18.2 Å². The number of ether oxygens (including phenoxy) is 3. The van der Waals surface area contributed by atoms with Gasteiger partial charge in [0.1, 0.15) is 13.2 Å². The maximum atomic E-state index is 12.8. The number of carbonyl (C=O) groups is 2. The van der Waals surface area contributed by atoms with E-state index >= 15 is 0 Å². The Kier molecular flexibility index (Phi) is 6.76. The van der Waals surface area contributed by atoms with Crippen LogP contribution in [0.5, 0.6) is 11.5 Å². The molecule has 2 aliphatic rings. The van der Waals surface area contributed by atoms with E-state index in [0.717, 1.165) is 25.7 Å². The molecule has 1 fully saturated rings. The van der Waals surface area contributed by atoms with Crippen molar-refractivity contribution < 1.29 is 32.2 Å². The van der Waals surface area contributed by atoms with Crippen molar-refractivity contribution in [2.45, 2.75) is 30.6 Å². The molecule has 1 saturated heterocycles. The predicted molar refractivity (Wildman–Crippen MR) is 116 cm³/mol. The highest BCUT2D eigenvalue weighted by atomic mass is 32.2. The Morgan fingerprint density at radius 3 is 2.16 bits per heavy atom. The van der Waals surface area contributed by atoms with Crippen molar-refractivity contribution in [2.24, 2.45) is 0 Å². The lowest BCUT2D eigenvalue weighted by molar-refractivity contribution is 0.0474. The number of fused-ring (bicyclic) bond motifs is 1. The largest absolute Gasteiger partial charge is 0.486 e. The number of Topliss-reactive ketones (excluding diaryl/α,β-unsaturated/α-hetero) is 1. The van der Waals surface area contributed by atoms with E-state index in [1.807, 2.05) is 0 Å². The SMILES string of the molecule is O=C(COC(=O)c1ccc(S(=O)(=O)N2CCCCCC2)cc1)c1ccc2c(c1)OCCO2. The van der Waals surface area contributed by atoms with Gasteiger partial charge in [-0.3, -0.25) is 4.79 Å². The maximum Gasteiger partial charge on any atom is 0.338 e. The van der Waals surface area contributed by atoms with Crippen LogP contribution >= 0.6 is 0 Å². The molecule has 0 atom stereocenters. The molecular formula is C23H25NO7S. The van der Waals surface area contributed by atoms with E-state index in [-0.39, 0.29) is 16.2 Å². The van der Waals surface area contributed by atoms with Crippen molar-refractivity contribution in [1.82, 2.24) is 4.31 Å². The molecule has 8 nitrogen and oxygen atoms in total. The molecule has 2 aromatic rings. The van der Waals surface area contributed by atoms with Crippen molar-refractivity contribution in [2.75, 3.05) is 32.9 Å². The molecule has 0 amide bonds. The van der Waals surface area contributed by atoms with E-state index in [4.69, 9.17) is 14.2 Å². The highest BCUT2D eigenvalue weighted by Gasteiger charge is 2.25. The van der Waals surface area contributed by atoms with Gasteiger partial charge in [-0.2, -0.15) is 4.31 Å². The summed E-state index contributed by atoms with van der Waals surface area (Å²) in [4.78, 5) is 24.9. The Hall–Kier alpha value is -2.91. The lowest BCUT2D eigenvalue weighted by atomic mass is 10.1. The normalized spacial score (nSPS) is 16.8. The van der Waals surface area contributed by atoms with Gasteiger partial charge in [0.2, 0.25) is 10.0 Å². The second-order valence-corrected chi connectivity index (χ2v) is 9.64. The third-order valence-corrected chi connectivity index (χ3v) is 7.40. The molecule has 0 saturated carbocycles. The summed E-state index contributed by atoms with van der Waals surface area (Å²) in [5, 5.41) is 0. The van der Waals surface area contributed by atoms with Crippen LogP contribution in [0, 0.1) is 0 Å². The number of sulfonamides is 1. The number of rotatable bonds is 6. The molecule has 0 N–H and O–H groups in total. The van der Waals surface area contributed by atoms with E-state index in [0.29, 0.717) is 43.4 Å². The third-order valence-electron chi connectivity index (χ3n) is 5.49. The number of esters is 1. The number of hydrogen-bond acceptors (Lipinski definition) is 7. The van der Waals surface area contributed by atoms with Gasteiger partial charge in [0, 0.05) is 18.7 Å². The summed E-state index contributed by atoms with van der Waals surface area (Å²) >= 11 is 0. The van der Waals surface area contributed by atoms with Crippen LogP contribution in [-0.4, -0.2) is 57.4 Å². The molecule has 4 rings (SSSR count).